The summed E-state index contributed by atoms with van der Waals surface area (Å²) in [5.74, 6) is 0.849. The molecule has 2 nitrogen and oxygen atoms in total. The topological polar surface area (TPSA) is 36.7 Å². The van der Waals surface area contributed by atoms with E-state index in [9.17, 15) is 0 Å². The van der Waals surface area contributed by atoms with Crippen LogP contribution in [0.15, 0.2) is 52.1 Å². The molecule has 0 fully saturated rings. The second-order valence-corrected chi connectivity index (χ2v) is 5.21. The summed E-state index contributed by atoms with van der Waals surface area (Å²) in [6, 6.07) is 13.6. The van der Waals surface area contributed by atoms with Gasteiger partial charge in [-0.05, 0) is 45.8 Å². The number of halogens is 1. The van der Waals surface area contributed by atoms with E-state index in [0.29, 0.717) is 5.56 Å². The highest BCUT2D eigenvalue weighted by Crippen LogP contribution is 2.27. The maximum absolute atomic E-state index is 8.70. The molecule has 2 aromatic rings. The zero-order valence-electron chi connectivity index (χ0n) is 8.93. The van der Waals surface area contributed by atoms with Crippen molar-refractivity contribution >= 4 is 27.7 Å². The van der Waals surface area contributed by atoms with E-state index >= 15 is 0 Å². The maximum Gasteiger partial charge on any atom is 0.110 e. The van der Waals surface area contributed by atoms with Crippen LogP contribution in [0.4, 0.5) is 0 Å². The predicted molar refractivity (Wildman–Crippen MR) is 72.7 cm³/mol. The van der Waals surface area contributed by atoms with Crippen molar-refractivity contribution in [3.8, 4) is 6.07 Å². The van der Waals surface area contributed by atoms with Crippen LogP contribution in [0, 0.1) is 11.3 Å². The molecule has 0 amide bonds. The van der Waals surface area contributed by atoms with Crippen LogP contribution in [0.5, 0.6) is 0 Å². The minimum Gasteiger partial charge on any atom is -0.249 e. The minimum absolute atomic E-state index is 0.692. The van der Waals surface area contributed by atoms with Crippen LogP contribution in [0.3, 0.4) is 0 Å². The SMILES string of the molecule is N#Cc1ccc(CSc2ncccc2Br)cc1. The molecular formula is C13H9BrN2S. The van der Waals surface area contributed by atoms with E-state index in [1.165, 1.54) is 5.56 Å². The van der Waals surface area contributed by atoms with Gasteiger partial charge in [0, 0.05) is 16.4 Å². The third-order valence-corrected chi connectivity index (χ3v) is 4.16. The standard InChI is InChI=1S/C13H9BrN2S/c14-12-2-1-7-16-13(12)17-9-11-5-3-10(8-15)4-6-11/h1-7H,9H2. The smallest absolute Gasteiger partial charge is 0.110 e. The molecule has 0 radical (unpaired) electrons. The third kappa shape index (κ3) is 3.32. The lowest BCUT2D eigenvalue weighted by Gasteiger charge is -2.03. The number of hydrogen-bond donors (Lipinski definition) is 0. The van der Waals surface area contributed by atoms with Crippen molar-refractivity contribution in [2.75, 3.05) is 0 Å². The Morgan fingerprint density at radius 3 is 2.65 bits per heavy atom. The van der Waals surface area contributed by atoms with E-state index in [0.717, 1.165) is 15.3 Å². The molecule has 0 saturated carbocycles. The summed E-state index contributed by atoms with van der Waals surface area (Å²) in [7, 11) is 0. The zero-order valence-corrected chi connectivity index (χ0v) is 11.3. The molecule has 4 heteroatoms. The van der Waals surface area contributed by atoms with E-state index in [-0.39, 0.29) is 0 Å². The predicted octanol–water partition coefficient (Wildman–Crippen LogP) is 4.01. The lowest BCUT2D eigenvalue weighted by atomic mass is 10.2. The van der Waals surface area contributed by atoms with Crippen molar-refractivity contribution in [2.45, 2.75) is 10.8 Å². The van der Waals surface area contributed by atoms with Crippen LogP contribution in [-0.4, -0.2) is 4.98 Å². The number of nitrogens with zero attached hydrogens (tertiary/aromatic N) is 2. The highest BCUT2D eigenvalue weighted by molar-refractivity contribution is 9.10. The Kier molecular flexibility index (Phi) is 4.18. The summed E-state index contributed by atoms with van der Waals surface area (Å²) in [5.41, 5.74) is 1.88. The summed E-state index contributed by atoms with van der Waals surface area (Å²) in [5, 5.41) is 9.68. The number of pyridine rings is 1. The van der Waals surface area contributed by atoms with Crippen LogP contribution in [-0.2, 0) is 5.75 Å². The number of hydrogen-bond acceptors (Lipinski definition) is 3. The average Bonchev–Trinajstić information content (AvgIpc) is 2.38. The van der Waals surface area contributed by atoms with Crippen molar-refractivity contribution in [1.82, 2.24) is 4.98 Å². The molecule has 0 aliphatic heterocycles. The van der Waals surface area contributed by atoms with E-state index in [4.69, 9.17) is 5.26 Å². The molecular weight excluding hydrogens is 296 g/mol. The fourth-order valence-electron chi connectivity index (χ4n) is 1.30. The fourth-order valence-corrected chi connectivity index (χ4v) is 2.74. The van der Waals surface area contributed by atoms with E-state index in [1.54, 1.807) is 18.0 Å². The monoisotopic (exact) mass is 304 g/mol. The van der Waals surface area contributed by atoms with E-state index in [1.807, 2.05) is 36.4 Å². The largest absolute Gasteiger partial charge is 0.249 e. The first-order valence-electron chi connectivity index (χ1n) is 5.02. The summed E-state index contributed by atoms with van der Waals surface area (Å²) in [6.45, 7) is 0. The lowest BCUT2D eigenvalue weighted by molar-refractivity contribution is 1.11. The van der Waals surface area contributed by atoms with Crippen LogP contribution < -0.4 is 0 Å². The number of benzene rings is 1. The van der Waals surface area contributed by atoms with Crippen molar-refractivity contribution in [3.63, 3.8) is 0 Å². The molecule has 1 aromatic carbocycles. The first-order valence-corrected chi connectivity index (χ1v) is 6.80. The molecule has 0 aliphatic rings. The normalized spacial score (nSPS) is 9.88. The summed E-state index contributed by atoms with van der Waals surface area (Å²) < 4.78 is 1.01. The van der Waals surface area contributed by atoms with Crippen molar-refractivity contribution in [1.29, 1.82) is 5.26 Å². The summed E-state index contributed by atoms with van der Waals surface area (Å²) in [4.78, 5) is 4.29. The molecule has 0 saturated heterocycles. The van der Waals surface area contributed by atoms with Gasteiger partial charge in [-0.25, -0.2) is 4.98 Å². The van der Waals surface area contributed by atoms with Gasteiger partial charge in [-0.2, -0.15) is 5.26 Å². The zero-order chi connectivity index (χ0) is 12.1. The summed E-state index contributed by atoms with van der Waals surface area (Å²) in [6.07, 6.45) is 1.78. The van der Waals surface area contributed by atoms with Gasteiger partial charge in [0.05, 0.1) is 11.6 Å². The van der Waals surface area contributed by atoms with Gasteiger partial charge in [-0.1, -0.05) is 12.1 Å². The second kappa shape index (κ2) is 5.85. The Morgan fingerprint density at radius 1 is 1.24 bits per heavy atom. The number of thioether (sulfide) groups is 1. The number of aromatic nitrogens is 1. The van der Waals surface area contributed by atoms with Crippen molar-refractivity contribution in [2.24, 2.45) is 0 Å². The van der Waals surface area contributed by atoms with Gasteiger partial charge < -0.3 is 0 Å². The minimum atomic E-state index is 0.692. The quantitative estimate of drug-likeness (QED) is 0.804. The van der Waals surface area contributed by atoms with E-state index < -0.39 is 0 Å². The van der Waals surface area contributed by atoms with Gasteiger partial charge >= 0.3 is 0 Å². The van der Waals surface area contributed by atoms with Gasteiger partial charge in [-0.15, -0.1) is 11.8 Å². The molecule has 0 unspecified atom stereocenters. The Labute approximate surface area is 113 Å². The second-order valence-electron chi connectivity index (χ2n) is 3.39. The van der Waals surface area contributed by atoms with Crippen LogP contribution in [0.1, 0.15) is 11.1 Å². The van der Waals surface area contributed by atoms with Gasteiger partial charge in [0.15, 0.2) is 0 Å². The van der Waals surface area contributed by atoms with Crippen LogP contribution >= 0.6 is 27.7 Å². The van der Waals surface area contributed by atoms with E-state index in [2.05, 4.69) is 27.0 Å². The molecule has 1 aromatic heterocycles. The molecule has 1 heterocycles. The third-order valence-electron chi connectivity index (χ3n) is 2.18. The maximum atomic E-state index is 8.70. The van der Waals surface area contributed by atoms with Crippen LogP contribution in [0.2, 0.25) is 0 Å². The Morgan fingerprint density at radius 2 is 2.00 bits per heavy atom. The average molecular weight is 305 g/mol. The van der Waals surface area contributed by atoms with Gasteiger partial charge in [-0.3, -0.25) is 0 Å². The molecule has 0 bridgehead atoms. The molecule has 17 heavy (non-hydrogen) atoms. The van der Waals surface area contributed by atoms with Crippen LogP contribution in [0.25, 0.3) is 0 Å². The Hall–Kier alpha value is -1.31. The summed E-state index contributed by atoms with van der Waals surface area (Å²) >= 11 is 5.14. The van der Waals surface area contributed by atoms with Crippen molar-refractivity contribution in [3.05, 3.63) is 58.2 Å². The molecule has 0 aliphatic carbocycles. The molecule has 0 spiro atoms. The lowest BCUT2D eigenvalue weighted by Crippen LogP contribution is -1.84. The first kappa shape index (κ1) is 12.2. The van der Waals surface area contributed by atoms with Gasteiger partial charge in [0.25, 0.3) is 0 Å². The fraction of sp³-hybridized carbons (Fsp3) is 0.0769. The molecule has 84 valence electrons. The van der Waals surface area contributed by atoms with Gasteiger partial charge in [0.2, 0.25) is 0 Å². The van der Waals surface area contributed by atoms with Gasteiger partial charge in [0.1, 0.15) is 5.03 Å². The molecule has 2 rings (SSSR count). The Balaban J connectivity index is 2.03. The van der Waals surface area contributed by atoms with Crippen molar-refractivity contribution < 1.29 is 0 Å². The highest BCUT2D eigenvalue weighted by Gasteiger charge is 2.01. The Bertz CT molecular complexity index is 546. The highest BCUT2D eigenvalue weighted by atomic mass is 79.9. The number of nitriles is 1. The first-order chi connectivity index (χ1) is 8.29. The molecule has 0 N–H and O–H groups in total. The molecule has 0 atom stereocenters. The number of rotatable bonds is 3.